The van der Waals surface area contributed by atoms with Crippen molar-refractivity contribution in [3.05, 3.63) is 58.9 Å². The van der Waals surface area contributed by atoms with Crippen LogP contribution >= 0.6 is 15.9 Å². The summed E-state index contributed by atoms with van der Waals surface area (Å²) in [6.07, 6.45) is 0. The molecule has 1 heterocycles. The molecule has 5 nitrogen and oxygen atoms in total. The SMILES string of the molecule is CCOc1ccc(NCc2nc(-c3cccc(Br)c3)no2)cc1. The molecule has 0 saturated heterocycles. The lowest BCUT2D eigenvalue weighted by Crippen LogP contribution is -2.00. The number of aromatic nitrogens is 2. The van der Waals surface area contributed by atoms with Gasteiger partial charge in [-0.1, -0.05) is 33.2 Å². The standard InChI is InChI=1S/C17H16BrN3O2/c1-2-22-15-8-6-14(7-9-15)19-11-16-20-17(21-23-16)12-4-3-5-13(18)10-12/h3-10,19H,2,11H2,1H3. The molecule has 0 aliphatic rings. The van der Waals surface area contributed by atoms with Gasteiger partial charge >= 0.3 is 0 Å². The Balaban J connectivity index is 1.63. The van der Waals surface area contributed by atoms with Crippen molar-refractivity contribution in [3.63, 3.8) is 0 Å². The molecule has 0 atom stereocenters. The summed E-state index contributed by atoms with van der Waals surface area (Å²) in [5.41, 5.74) is 1.88. The van der Waals surface area contributed by atoms with Crippen LogP contribution in [-0.4, -0.2) is 16.7 Å². The fourth-order valence-corrected chi connectivity index (χ4v) is 2.48. The van der Waals surface area contributed by atoms with Crippen LogP contribution in [0.3, 0.4) is 0 Å². The topological polar surface area (TPSA) is 60.2 Å². The third-order valence-corrected chi connectivity index (χ3v) is 3.65. The van der Waals surface area contributed by atoms with Gasteiger partial charge in [0.2, 0.25) is 11.7 Å². The molecule has 0 saturated carbocycles. The van der Waals surface area contributed by atoms with Gasteiger partial charge < -0.3 is 14.6 Å². The number of anilines is 1. The number of hydrogen-bond donors (Lipinski definition) is 1. The van der Waals surface area contributed by atoms with Crippen LogP contribution in [0.25, 0.3) is 11.4 Å². The number of hydrogen-bond acceptors (Lipinski definition) is 5. The lowest BCUT2D eigenvalue weighted by atomic mass is 10.2. The maximum atomic E-state index is 5.41. The van der Waals surface area contributed by atoms with Crippen LogP contribution in [-0.2, 0) is 6.54 Å². The molecule has 0 amide bonds. The van der Waals surface area contributed by atoms with Crippen LogP contribution in [0.15, 0.2) is 57.5 Å². The summed E-state index contributed by atoms with van der Waals surface area (Å²) >= 11 is 3.44. The Morgan fingerprint density at radius 3 is 2.74 bits per heavy atom. The van der Waals surface area contributed by atoms with Gasteiger partial charge in [0.1, 0.15) is 5.75 Å². The number of nitrogens with one attached hydrogen (secondary N) is 1. The molecule has 1 N–H and O–H groups in total. The first kappa shape index (κ1) is 15.6. The van der Waals surface area contributed by atoms with Gasteiger partial charge in [-0.25, -0.2) is 0 Å². The molecule has 6 heteroatoms. The van der Waals surface area contributed by atoms with Gasteiger partial charge in [-0.15, -0.1) is 0 Å². The molecule has 0 radical (unpaired) electrons. The number of nitrogens with zero attached hydrogens (tertiary/aromatic N) is 2. The number of ether oxygens (including phenoxy) is 1. The van der Waals surface area contributed by atoms with Crippen LogP contribution in [0.4, 0.5) is 5.69 Å². The molecular formula is C17H16BrN3O2. The third-order valence-electron chi connectivity index (χ3n) is 3.16. The smallest absolute Gasteiger partial charge is 0.246 e. The molecule has 2 aromatic carbocycles. The summed E-state index contributed by atoms with van der Waals surface area (Å²) in [6.45, 7) is 3.09. The van der Waals surface area contributed by atoms with E-state index >= 15 is 0 Å². The zero-order valence-corrected chi connectivity index (χ0v) is 14.2. The summed E-state index contributed by atoms with van der Waals surface area (Å²) in [7, 11) is 0. The quantitative estimate of drug-likeness (QED) is 0.688. The van der Waals surface area contributed by atoms with Crippen molar-refractivity contribution in [1.29, 1.82) is 0 Å². The van der Waals surface area contributed by atoms with Crippen molar-refractivity contribution in [2.75, 3.05) is 11.9 Å². The first-order chi connectivity index (χ1) is 11.2. The number of rotatable bonds is 6. The first-order valence-corrected chi connectivity index (χ1v) is 8.09. The molecule has 0 unspecified atom stereocenters. The van der Waals surface area contributed by atoms with Crippen LogP contribution in [0.2, 0.25) is 0 Å². The molecule has 0 bridgehead atoms. The average Bonchev–Trinajstić information content (AvgIpc) is 3.04. The number of halogens is 1. The molecule has 118 valence electrons. The molecule has 3 aromatic rings. The molecule has 0 spiro atoms. The van der Waals surface area contributed by atoms with E-state index in [9.17, 15) is 0 Å². The Bertz CT molecular complexity index is 772. The van der Waals surface area contributed by atoms with E-state index in [1.54, 1.807) is 0 Å². The van der Waals surface area contributed by atoms with Crippen molar-refractivity contribution >= 4 is 21.6 Å². The zero-order valence-electron chi connectivity index (χ0n) is 12.6. The molecule has 0 fully saturated rings. The van der Waals surface area contributed by atoms with Crippen LogP contribution < -0.4 is 10.1 Å². The van der Waals surface area contributed by atoms with Crippen LogP contribution in [0.1, 0.15) is 12.8 Å². The van der Waals surface area contributed by atoms with E-state index in [0.29, 0.717) is 24.9 Å². The van der Waals surface area contributed by atoms with Crippen molar-refractivity contribution in [2.45, 2.75) is 13.5 Å². The second kappa shape index (κ2) is 7.28. The van der Waals surface area contributed by atoms with Gasteiger partial charge in [0.05, 0.1) is 13.2 Å². The van der Waals surface area contributed by atoms with Gasteiger partial charge in [0.15, 0.2) is 0 Å². The van der Waals surface area contributed by atoms with Gasteiger partial charge in [-0.05, 0) is 43.3 Å². The highest BCUT2D eigenvalue weighted by Crippen LogP contribution is 2.21. The molecular weight excluding hydrogens is 358 g/mol. The van der Waals surface area contributed by atoms with Gasteiger partial charge in [-0.2, -0.15) is 4.98 Å². The Labute approximate surface area is 142 Å². The van der Waals surface area contributed by atoms with Crippen molar-refractivity contribution in [1.82, 2.24) is 10.1 Å². The van der Waals surface area contributed by atoms with E-state index in [1.807, 2.05) is 55.5 Å². The molecule has 1 aromatic heterocycles. The highest BCUT2D eigenvalue weighted by Gasteiger charge is 2.08. The Morgan fingerprint density at radius 2 is 2.00 bits per heavy atom. The van der Waals surface area contributed by atoms with Crippen LogP contribution in [0, 0.1) is 0 Å². The predicted molar refractivity (Wildman–Crippen MR) is 92.4 cm³/mol. The maximum absolute atomic E-state index is 5.41. The molecule has 0 aliphatic carbocycles. The van der Waals surface area contributed by atoms with Gasteiger partial charge in [0.25, 0.3) is 0 Å². The first-order valence-electron chi connectivity index (χ1n) is 7.30. The minimum atomic E-state index is 0.467. The summed E-state index contributed by atoms with van der Waals surface area (Å²) in [5, 5.41) is 7.26. The Hall–Kier alpha value is -2.34. The fraction of sp³-hybridized carbons (Fsp3) is 0.176. The monoisotopic (exact) mass is 373 g/mol. The van der Waals surface area contributed by atoms with Gasteiger partial charge in [0, 0.05) is 15.7 Å². The normalized spacial score (nSPS) is 10.5. The molecule has 3 rings (SSSR count). The van der Waals surface area contributed by atoms with E-state index in [0.717, 1.165) is 21.5 Å². The summed E-state index contributed by atoms with van der Waals surface area (Å²) in [5.74, 6) is 1.97. The maximum Gasteiger partial charge on any atom is 0.246 e. The Morgan fingerprint density at radius 1 is 1.17 bits per heavy atom. The summed E-state index contributed by atoms with van der Waals surface area (Å²) in [4.78, 5) is 4.40. The van der Waals surface area contributed by atoms with E-state index < -0.39 is 0 Å². The summed E-state index contributed by atoms with van der Waals surface area (Å²) < 4.78 is 11.7. The lowest BCUT2D eigenvalue weighted by molar-refractivity contribution is 0.340. The number of benzene rings is 2. The summed E-state index contributed by atoms with van der Waals surface area (Å²) in [6, 6.07) is 15.5. The van der Waals surface area contributed by atoms with Crippen LogP contribution in [0.5, 0.6) is 5.75 Å². The molecule has 0 aliphatic heterocycles. The minimum Gasteiger partial charge on any atom is -0.494 e. The molecule has 23 heavy (non-hydrogen) atoms. The largest absolute Gasteiger partial charge is 0.494 e. The van der Waals surface area contributed by atoms with Crippen molar-refractivity contribution in [3.8, 4) is 17.1 Å². The van der Waals surface area contributed by atoms with Gasteiger partial charge in [-0.3, -0.25) is 0 Å². The van der Waals surface area contributed by atoms with E-state index in [1.165, 1.54) is 0 Å². The zero-order chi connectivity index (χ0) is 16.1. The van der Waals surface area contributed by atoms with E-state index in [4.69, 9.17) is 9.26 Å². The predicted octanol–water partition coefficient (Wildman–Crippen LogP) is 4.51. The van der Waals surface area contributed by atoms with Crippen molar-refractivity contribution < 1.29 is 9.26 Å². The highest BCUT2D eigenvalue weighted by atomic mass is 79.9. The van der Waals surface area contributed by atoms with E-state index in [2.05, 4.69) is 31.4 Å². The third kappa shape index (κ3) is 4.10. The van der Waals surface area contributed by atoms with Crippen molar-refractivity contribution in [2.24, 2.45) is 0 Å². The highest BCUT2D eigenvalue weighted by molar-refractivity contribution is 9.10. The lowest BCUT2D eigenvalue weighted by Gasteiger charge is -2.05. The second-order valence-electron chi connectivity index (χ2n) is 4.83. The fourth-order valence-electron chi connectivity index (χ4n) is 2.08. The van der Waals surface area contributed by atoms with E-state index in [-0.39, 0.29) is 0 Å². The second-order valence-corrected chi connectivity index (χ2v) is 5.75. The minimum absolute atomic E-state index is 0.467. The Kier molecular flexibility index (Phi) is 4.92. The average molecular weight is 374 g/mol.